The number of para-hydroxylation sites is 1. The maximum Gasteiger partial charge on any atom is 0.248 e. The lowest BCUT2D eigenvalue weighted by molar-refractivity contribution is -0.116. The molecular formula is C19H24N2O4S2. The van der Waals surface area contributed by atoms with Gasteiger partial charge in [0.05, 0.1) is 24.2 Å². The molecule has 0 aliphatic rings. The van der Waals surface area contributed by atoms with Gasteiger partial charge in [-0.3, -0.25) is 9.10 Å². The number of sulfonamides is 1. The first-order valence-corrected chi connectivity index (χ1v) is 11.5. The molecule has 0 saturated heterocycles. The van der Waals surface area contributed by atoms with Crippen LogP contribution in [0.25, 0.3) is 0 Å². The molecule has 2 aromatic carbocycles. The monoisotopic (exact) mass is 408 g/mol. The number of hydrogen-bond donors (Lipinski definition) is 1. The Kier molecular flexibility index (Phi) is 7.15. The number of nitrogens with zero attached hydrogens (tertiary/aromatic N) is 1. The van der Waals surface area contributed by atoms with Crippen LogP contribution >= 0.6 is 11.8 Å². The van der Waals surface area contributed by atoms with Crippen LogP contribution in [-0.2, 0) is 14.8 Å². The van der Waals surface area contributed by atoms with E-state index in [1.165, 1.54) is 11.8 Å². The molecule has 0 bridgehead atoms. The van der Waals surface area contributed by atoms with Crippen LogP contribution < -0.4 is 14.4 Å². The quantitative estimate of drug-likeness (QED) is 0.676. The lowest BCUT2D eigenvalue weighted by atomic mass is 10.2. The zero-order valence-corrected chi connectivity index (χ0v) is 17.4. The highest BCUT2D eigenvalue weighted by atomic mass is 32.2. The standard InChI is InChI=1S/C19H24N2O4S2/c1-5-25-16-12-10-15(11-13-16)21(27(4,23)24)14(2)19(22)20-17-8-6-7-9-18(17)26-3/h6-14H,5H2,1-4H3,(H,20,22). The molecule has 0 aromatic heterocycles. The third-order valence-electron chi connectivity index (χ3n) is 3.86. The van der Waals surface area contributed by atoms with Crippen molar-refractivity contribution >= 4 is 39.1 Å². The average Bonchev–Trinajstić information content (AvgIpc) is 2.62. The maximum atomic E-state index is 12.8. The molecule has 2 rings (SSSR count). The molecule has 0 heterocycles. The van der Waals surface area contributed by atoms with Crippen LogP contribution in [0.2, 0.25) is 0 Å². The van der Waals surface area contributed by atoms with Gasteiger partial charge in [-0.15, -0.1) is 11.8 Å². The number of rotatable bonds is 8. The highest BCUT2D eigenvalue weighted by Gasteiger charge is 2.29. The summed E-state index contributed by atoms with van der Waals surface area (Å²) in [6.07, 6.45) is 3.00. The van der Waals surface area contributed by atoms with Gasteiger partial charge in [0.1, 0.15) is 11.8 Å². The SMILES string of the molecule is CCOc1ccc(N(C(C)C(=O)Nc2ccccc2SC)S(C)(=O)=O)cc1. The van der Waals surface area contributed by atoms with Crippen molar-refractivity contribution in [3.63, 3.8) is 0 Å². The van der Waals surface area contributed by atoms with E-state index in [0.29, 0.717) is 23.7 Å². The number of carbonyl (C=O) groups excluding carboxylic acids is 1. The molecule has 146 valence electrons. The topological polar surface area (TPSA) is 75.7 Å². The van der Waals surface area contributed by atoms with Crippen LogP contribution in [0.4, 0.5) is 11.4 Å². The molecule has 1 unspecified atom stereocenters. The summed E-state index contributed by atoms with van der Waals surface area (Å²) in [5, 5.41) is 2.82. The van der Waals surface area contributed by atoms with Gasteiger partial charge in [-0.25, -0.2) is 8.42 Å². The summed E-state index contributed by atoms with van der Waals surface area (Å²) in [4.78, 5) is 13.7. The third kappa shape index (κ3) is 5.40. The molecule has 1 atom stereocenters. The number of amides is 1. The van der Waals surface area contributed by atoms with Gasteiger partial charge in [0, 0.05) is 4.90 Å². The number of hydrogen-bond acceptors (Lipinski definition) is 5. The molecule has 0 saturated carbocycles. The van der Waals surface area contributed by atoms with Crippen molar-refractivity contribution < 1.29 is 17.9 Å². The van der Waals surface area contributed by atoms with Gasteiger partial charge in [-0.2, -0.15) is 0 Å². The molecule has 6 nitrogen and oxygen atoms in total. The normalized spacial score (nSPS) is 12.3. The minimum Gasteiger partial charge on any atom is -0.494 e. The molecular weight excluding hydrogens is 384 g/mol. The van der Waals surface area contributed by atoms with Gasteiger partial charge in [0.2, 0.25) is 15.9 Å². The van der Waals surface area contributed by atoms with E-state index in [0.717, 1.165) is 15.5 Å². The van der Waals surface area contributed by atoms with Gasteiger partial charge in [0.25, 0.3) is 0 Å². The zero-order chi connectivity index (χ0) is 20.0. The lowest BCUT2D eigenvalue weighted by Gasteiger charge is -2.28. The first-order valence-electron chi connectivity index (χ1n) is 8.44. The second-order valence-corrected chi connectivity index (χ2v) is 8.56. The number of ether oxygens (including phenoxy) is 1. The first kappa shape index (κ1) is 21.1. The maximum absolute atomic E-state index is 12.8. The molecule has 1 amide bonds. The van der Waals surface area contributed by atoms with E-state index in [-0.39, 0.29) is 0 Å². The molecule has 0 aliphatic heterocycles. The number of nitrogens with one attached hydrogen (secondary N) is 1. The van der Waals surface area contributed by atoms with Crippen LogP contribution in [0.5, 0.6) is 5.75 Å². The molecule has 0 spiro atoms. The van der Waals surface area contributed by atoms with E-state index in [2.05, 4.69) is 5.32 Å². The number of benzene rings is 2. The molecule has 1 N–H and O–H groups in total. The van der Waals surface area contributed by atoms with Gasteiger partial charge in [0.15, 0.2) is 0 Å². The van der Waals surface area contributed by atoms with E-state index in [4.69, 9.17) is 4.74 Å². The van der Waals surface area contributed by atoms with Crippen molar-refractivity contribution in [2.45, 2.75) is 24.8 Å². The lowest BCUT2D eigenvalue weighted by Crippen LogP contribution is -2.45. The van der Waals surface area contributed by atoms with Crippen LogP contribution in [0, 0.1) is 0 Å². The van der Waals surface area contributed by atoms with Gasteiger partial charge in [-0.05, 0) is 56.5 Å². The van der Waals surface area contributed by atoms with Crippen LogP contribution in [0.15, 0.2) is 53.4 Å². The number of carbonyl (C=O) groups is 1. The van der Waals surface area contributed by atoms with Crippen molar-refractivity contribution in [2.75, 3.05) is 28.7 Å². The molecule has 0 aliphatic carbocycles. The molecule has 0 radical (unpaired) electrons. The average molecular weight is 409 g/mol. The highest BCUT2D eigenvalue weighted by molar-refractivity contribution is 7.98. The first-order chi connectivity index (χ1) is 12.8. The molecule has 8 heteroatoms. The highest BCUT2D eigenvalue weighted by Crippen LogP contribution is 2.27. The van der Waals surface area contributed by atoms with Crippen molar-refractivity contribution in [2.24, 2.45) is 0 Å². The van der Waals surface area contributed by atoms with E-state index in [9.17, 15) is 13.2 Å². The second-order valence-electron chi connectivity index (χ2n) is 5.85. The fourth-order valence-corrected chi connectivity index (χ4v) is 4.38. The van der Waals surface area contributed by atoms with Gasteiger partial charge in [-0.1, -0.05) is 12.1 Å². The van der Waals surface area contributed by atoms with Crippen LogP contribution in [-0.4, -0.2) is 39.5 Å². The fraction of sp³-hybridized carbons (Fsp3) is 0.316. The zero-order valence-electron chi connectivity index (χ0n) is 15.8. The third-order valence-corrected chi connectivity index (χ3v) is 5.89. The Hall–Kier alpha value is -2.19. The fourth-order valence-electron chi connectivity index (χ4n) is 2.65. The summed E-state index contributed by atoms with van der Waals surface area (Å²) in [7, 11) is -3.67. The second kappa shape index (κ2) is 9.14. The largest absolute Gasteiger partial charge is 0.494 e. The summed E-state index contributed by atoms with van der Waals surface area (Å²) in [5.41, 5.74) is 1.06. The van der Waals surface area contributed by atoms with Crippen molar-refractivity contribution in [3.05, 3.63) is 48.5 Å². The minimum atomic E-state index is -3.67. The predicted molar refractivity (Wildman–Crippen MR) is 111 cm³/mol. The van der Waals surface area contributed by atoms with Gasteiger partial charge >= 0.3 is 0 Å². The van der Waals surface area contributed by atoms with Crippen LogP contribution in [0.1, 0.15) is 13.8 Å². The molecule has 27 heavy (non-hydrogen) atoms. The minimum absolute atomic E-state index is 0.404. The van der Waals surface area contributed by atoms with E-state index >= 15 is 0 Å². The summed E-state index contributed by atoms with van der Waals surface area (Å²) in [6, 6.07) is 13.1. The summed E-state index contributed by atoms with van der Waals surface area (Å²) in [6.45, 7) is 3.95. The Morgan fingerprint density at radius 2 is 1.81 bits per heavy atom. The summed E-state index contributed by atoms with van der Waals surface area (Å²) >= 11 is 1.51. The number of anilines is 2. The smallest absolute Gasteiger partial charge is 0.248 e. The summed E-state index contributed by atoms with van der Waals surface area (Å²) < 4.78 is 31.2. The van der Waals surface area contributed by atoms with Crippen molar-refractivity contribution in [1.29, 1.82) is 0 Å². The Bertz CT molecular complexity index is 883. The van der Waals surface area contributed by atoms with E-state index < -0.39 is 22.0 Å². The van der Waals surface area contributed by atoms with Crippen molar-refractivity contribution in [1.82, 2.24) is 0 Å². The molecule has 2 aromatic rings. The predicted octanol–water partition coefficient (Wildman–Crippen LogP) is 3.60. The van der Waals surface area contributed by atoms with E-state index in [1.54, 1.807) is 37.3 Å². The number of thioether (sulfide) groups is 1. The Morgan fingerprint density at radius 1 is 1.19 bits per heavy atom. The van der Waals surface area contributed by atoms with E-state index in [1.807, 2.05) is 31.4 Å². The van der Waals surface area contributed by atoms with Crippen LogP contribution in [0.3, 0.4) is 0 Å². The Balaban J connectivity index is 2.29. The van der Waals surface area contributed by atoms with Gasteiger partial charge < -0.3 is 10.1 Å². The summed E-state index contributed by atoms with van der Waals surface area (Å²) in [5.74, 6) is 0.233. The van der Waals surface area contributed by atoms with Crippen molar-refractivity contribution in [3.8, 4) is 5.75 Å². The Morgan fingerprint density at radius 3 is 2.37 bits per heavy atom. The Labute approximate surface area is 165 Å². The molecule has 0 fully saturated rings.